The average molecular weight is 651 g/mol. The number of nitrogens with zero attached hydrogens (tertiary/aromatic N) is 6. The molecule has 3 aliphatic rings. The highest BCUT2D eigenvalue weighted by atomic mass is 16.5. The number of aryl methyl sites for hydroxylation is 2. The Labute approximate surface area is 287 Å². The molecule has 0 radical (unpaired) electrons. The molecular weight excluding hydrogens is 596 g/mol. The number of rotatable bonds is 9. The molecule has 0 spiro atoms. The third-order valence-corrected chi connectivity index (χ3v) is 11.4. The van der Waals surface area contributed by atoms with Crippen molar-refractivity contribution < 1.29 is 9.53 Å². The molecule has 6 rings (SSSR count). The van der Waals surface area contributed by atoms with Crippen molar-refractivity contribution in [3.8, 4) is 0 Å². The van der Waals surface area contributed by atoms with E-state index >= 15 is 0 Å². The van der Waals surface area contributed by atoms with Gasteiger partial charge in [-0.1, -0.05) is 49.0 Å². The van der Waals surface area contributed by atoms with Crippen LogP contribution in [0.25, 0.3) is 5.70 Å². The Kier molecular flexibility index (Phi) is 10.2. The minimum atomic E-state index is -0.588. The molecule has 0 bridgehead atoms. The summed E-state index contributed by atoms with van der Waals surface area (Å²) < 4.78 is 5.49. The van der Waals surface area contributed by atoms with Gasteiger partial charge in [0.1, 0.15) is 6.33 Å². The van der Waals surface area contributed by atoms with Gasteiger partial charge in [-0.15, -0.1) is 0 Å². The molecular formula is C40H54N6O2. The minimum absolute atomic E-state index is 0.176. The highest BCUT2D eigenvalue weighted by Crippen LogP contribution is 2.37. The van der Waals surface area contributed by atoms with Gasteiger partial charge in [0.25, 0.3) is 0 Å². The summed E-state index contributed by atoms with van der Waals surface area (Å²) in [4.78, 5) is 32.1. The fourth-order valence-corrected chi connectivity index (χ4v) is 8.03. The van der Waals surface area contributed by atoms with Crippen LogP contribution in [0.1, 0.15) is 74.5 Å². The van der Waals surface area contributed by atoms with Crippen LogP contribution in [-0.2, 0) is 21.5 Å². The molecule has 3 aromatic rings. The monoisotopic (exact) mass is 650 g/mol. The van der Waals surface area contributed by atoms with Crippen molar-refractivity contribution in [3.05, 3.63) is 95.6 Å². The Morgan fingerprint density at radius 2 is 1.50 bits per heavy atom. The molecule has 0 unspecified atom stereocenters. The number of amides is 1. The molecule has 48 heavy (non-hydrogen) atoms. The van der Waals surface area contributed by atoms with Crippen molar-refractivity contribution in [2.45, 2.75) is 83.8 Å². The number of ether oxygens (including phenoxy) is 1. The maximum atomic E-state index is 13.5. The lowest BCUT2D eigenvalue weighted by atomic mass is 9.82. The first kappa shape index (κ1) is 34.1. The second-order valence-corrected chi connectivity index (χ2v) is 14.8. The van der Waals surface area contributed by atoms with E-state index in [4.69, 9.17) is 4.74 Å². The summed E-state index contributed by atoms with van der Waals surface area (Å²) in [5.41, 5.74) is 7.36. The number of carbonyl (C=O) groups excluding carboxylic acids is 1. The number of piperidine rings is 2. The summed E-state index contributed by atoms with van der Waals surface area (Å²) in [5.74, 6) is 0.176. The molecule has 2 aromatic carbocycles. The third-order valence-electron chi connectivity index (χ3n) is 11.4. The molecule has 4 heterocycles. The van der Waals surface area contributed by atoms with Crippen LogP contribution in [-0.4, -0.2) is 94.6 Å². The number of anilines is 1. The highest BCUT2D eigenvalue weighted by molar-refractivity contribution is 5.87. The van der Waals surface area contributed by atoms with Crippen LogP contribution in [0.2, 0.25) is 0 Å². The number of hydrogen-bond acceptors (Lipinski definition) is 7. The zero-order valence-electron chi connectivity index (χ0n) is 29.8. The summed E-state index contributed by atoms with van der Waals surface area (Å²) in [7, 11) is 0. The quantitative estimate of drug-likeness (QED) is 0.272. The van der Waals surface area contributed by atoms with E-state index < -0.39 is 5.41 Å². The Balaban J connectivity index is 1.12. The number of morpholine rings is 1. The molecule has 1 aromatic heterocycles. The first-order valence-electron chi connectivity index (χ1n) is 17.8. The number of aromatic nitrogens is 2. The van der Waals surface area contributed by atoms with Crippen LogP contribution in [0.5, 0.6) is 0 Å². The second kappa shape index (κ2) is 14.4. The van der Waals surface area contributed by atoms with Gasteiger partial charge in [0.15, 0.2) is 0 Å². The molecule has 0 N–H and O–H groups in total. The van der Waals surface area contributed by atoms with Crippen molar-refractivity contribution in [1.82, 2.24) is 24.7 Å². The lowest BCUT2D eigenvalue weighted by Crippen LogP contribution is -2.57. The summed E-state index contributed by atoms with van der Waals surface area (Å²) in [6, 6.07) is 20.1. The second-order valence-electron chi connectivity index (χ2n) is 14.8. The van der Waals surface area contributed by atoms with E-state index in [1.165, 1.54) is 11.3 Å². The summed E-state index contributed by atoms with van der Waals surface area (Å²) >= 11 is 0. The lowest BCUT2D eigenvalue weighted by Gasteiger charge is -2.51. The Hall–Kier alpha value is -3.75. The first-order valence-corrected chi connectivity index (χ1v) is 17.8. The lowest BCUT2D eigenvalue weighted by molar-refractivity contribution is -0.140. The van der Waals surface area contributed by atoms with E-state index in [-0.39, 0.29) is 11.4 Å². The molecule has 0 atom stereocenters. The first-order chi connectivity index (χ1) is 23.1. The Morgan fingerprint density at radius 1 is 0.896 bits per heavy atom. The highest BCUT2D eigenvalue weighted by Gasteiger charge is 2.39. The number of benzene rings is 2. The molecule has 0 saturated carbocycles. The standard InChI is InChI=1S/C40H54N6O2/c1-30-37(31(2)42-29-41-30)32(3)43-22-18-40(6,19-23-43)45-20-16-36(17-21-45)46(28-33-10-8-7-9-11-33)35-14-12-34(13-15-35)39(4,5)38(47)44-24-26-48-27-25-44/h7-15,29,36H,3,16-28H2,1-2,4-6H3. The summed E-state index contributed by atoms with van der Waals surface area (Å²) in [5, 5.41) is 0. The van der Waals surface area contributed by atoms with E-state index in [1.54, 1.807) is 6.33 Å². The van der Waals surface area contributed by atoms with Gasteiger partial charge in [-0.2, -0.15) is 0 Å². The van der Waals surface area contributed by atoms with Crippen LogP contribution in [0.3, 0.4) is 0 Å². The minimum Gasteiger partial charge on any atom is -0.378 e. The van der Waals surface area contributed by atoms with E-state index in [1.807, 2.05) is 4.90 Å². The van der Waals surface area contributed by atoms with Crippen LogP contribution in [0.4, 0.5) is 5.69 Å². The van der Waals surface area contributed by atoms with E-state index in [9.17, 15) is 4.79 Å². The molecule has 3 aliphatic heterocycles. The molecule has 0 aliphatic carbocycles. The van der Waals surface area contributed by atoms with Gasteiger partial charge in [0.2, 0.25) is 5.91 Å². The SMILES string of the molecule is C=C(c1c(C)ncnc1C)N1CCC(C)(N2CCC(N(Cc3ccccc3)c3ccc(C(C)(C)C(=O)N4CCOCC4)cc3)CC2)CC1. The molecule has 3 saturated heterocycles. The zero-order valence-corrected chi connectivity index (χ0v) is 29.8. The fraction of sp³-hybridized carbons (Fsp3) is 0.525. The van der Waals surface area contributed by atoms with Crippen molar-refractivity contribution in [2.75, 3.05) is 57.4 Å². The third kappa shape index (κ3) is 7.15. The average Bonchev–Trinajstić information content (AvgIpc) is 3.11. The van der Waals surface area contributed by atoms with Crippen molar-refractivity contribution in [1.29, 1.82) is 0 Å². The van der Waals surface area contributed by atoms with Crippen LogP contribution in [0.15, 0.2) is 67.5 Å². The van der Waals surface area contributed by atoms with Gasteiger partial charge in [-0.25, -0.2) is 9.97 Å². The van der Waals surface area contributed by atoms with Gasteiger partial charge in [-0.05, 0) is 83.6 Å². The van der Waals surface area contributed by atoms with E-state index in [0.29, 0.717) is 32.3 Å². The normalized spacial score (nSPS) is 19.3. The van der Waals surface area contributed by atoms with Crippen molar-refractivity contribution >= 4 is 17.3 Å². The van der Waals surface area contributed by atoms with Crippen LogP contribution < -0.4 is 4.90 Å². The number of likely N-dealkylation sites (tertiary alicyclic amines) is 2. The van der Waals surface area contributed by atoms with Gasteiger partial charge < -0.3 is 19.4 Å². The maximum Gasteiger partial charge on any atom is 0.232 e. The molecule has 1 amide bonds. The van der Waals surface area contributed by atoms with Crippen LogP contribution in [0, 0.1) is 13.8 Å². The molecule has 8 nitrogen and oxygen atoms in total. The molecule has 3 fully saturated rings. The summed E-state index contributed by atoms with van der Waals surface area (Å²) in [6.45, 7) is 22.8. The summed E-state index contributed by atoms with van der Waals surface area (Å²) in [6.07, 6.45) is 6.14. The predicted octanol–water partition coefficient (Wildman–Crippen LogP) is 6.23. The van der Waals surface area contributed by atoms with Crippen LogP contribution >= 0.6 is 0 Å². The molecule has 256 valence electrons. The Morgan fingerprint density at radius 3 is 2.10 bits per heavy atom. The van der Waals surface area contributed by atoms with Gasteiger partial charge in [-0.3, -0.25) is 9.69 Å². The largest absolute Gasteiger partial charge is 0.378 e. The Bertz CT molecular complexity index is 1530. The van der Waals surface area contributed by atoms with E-state index in [2.05, 4.69) is 120 Å². The maximum absolute atomic E-state index is 13.5. The van der Waals surface area contributed by atoms with Gasteiger partial charge in [0.05, 0.1) is 30.0 Å². The predicted molar refractivity (Wildman–Crippen MR) is 194 cm³/mol. The van der Waals surface area contributed by atoms with Crippen molar-refractivity contribution in [2.24, 2.45) is 0 Å². The molecule has 8 heteroatoms. The van der Waals surface area contributed by atoms with Crippen molar-refractivity contribution in [3.63, 3.8) is 0 Å². The number of hydrogen-bond donors (Lipinski definition) is 0. The smallest absolute Gasteiger partial charge is 0.232 e. The topological polar surface area (TPSA) is 65.0 Å². The number of carbonyl (C=O) groups is 1. The van der Waals surface area contributed by atoms with E-state index in [0.717, 1.165) is 86.6 Å². The zero-order chi connectivity index (χ0) is 33.9. The fourth-order valence-electron chi connectivity index (χ4n) is 8.03. The van der Waals surface area contributed by atoms with Gasteiger partial charge >= 0.3 is 0 Å². The van der Waals surface area contributed by atoms with Gasteiger partial charge in [0, 0.05) is 74.3 Å².